The molecule has 0 heterocycles. The minimum absolute atomic E-state index is 0.0974. The van der Waals surface area contributed by atoms with E-state index in [4.69, 9.17) is 5.11 Å². The van der Waals surface area contributed by atoms with Crippen LogP contribution in [0.25, 0.3) is 0 Å². The molecule has 16 heavy (non-hydrogen) atoms. The van der Waals surface area contributed by atoms with Crippen LogP contribution in [0.15, 0.2) is 0 Å². The lowest BCUT2D eigenvalue weighted by Crippen LogP contribution is -2.43. The minimum atomic E-state index is -3.74. The van der Waals surface area contributed by atoms with Gasteiger partial charge in [-0.2, -0.15) is 17.9 Å². The highest BCUT2D eigenvalue weighted by molar-refractivity contribution is 7.87. The van der Waals surface area contributed by atoms with E-state index < -0.39 is 28.8 Å². The first kappa shape index (κ1) is 15.3. The Morgan fingerprint density at radius 2 is 2.00 bits per heavy atom. The molecule has 3 N–H and O–H groups in total. The SMILES string of the molecule is COCCNS(=O)(=O)NCC(O)C(=O)OC. The third-order valence-corrected chi connectivity index (χ3v) is 2.67. The maximum atomic E-state index is 11.2. The van der Waals surface area contributed by atoms with Crippen molar-refractivity contribution < 1.29 is 27.8 Å². The fourth-order valence-corrected chi connectivity index (χ4v) is 1.57. The normalized spacial score (nSPS) is 13.4. The number of carbonyl (C=O) groups is 1. The molecule has 96 valence electrons. The quantitative estimate of drug-likeness (QED) is 0.329. The molecule has 1 unspecified atom stereocenters. The maximum absolute atomic E-state index is 11.2. The molecule has 0 bridgehead atoms. The average Bonchev–Trinajstić information content (AvgIpc) is 2.25. The minimum Gasteiger partial charge on any atom is -0.467 e. The van der Waals surface area contributed by atoms with Gasteiger partial charge in [0.15, 0.2) is 6.10 Å². The van der Waals surface area contributed by atoms with Gasteiger partial charge >= 0.3 is 5.97 Å². The highest BCUT2D eigenvalue weighted by Crippen LogP contribution is 1.86. The van der Waals surface area contributed by atoms with Crippen LogP contribution in [-0.2, 0) is 24.5 Å². The molecule has 0 aromatic rings. The Morgan fingerprint density at radius 1 is 1.38 bits per heavy atom. The van der Waals surface area contributed by atoms with Crippen LogP contribution >= 0.6 is 0 Å². The Bertz CT molecular complexity index is 304. The number of aliphatic hydroxyl groups is 1. The Morgan fingerprint density at radius 3 is 2.50 bits per heavy atom. The molecule has 8 nitrogen and oxygen atoms in total. The second-order valence-electron chi connectivity index (χ2n) is 2.78. The Hall–Kier alpha value is -0.740. The summed E-state index contributed by atoms with van der Waals surface area (Å²) >= 11 is 0. The predicted octanol–water partition coefficient (Wildman–Crippen LogP) is -2.41. The first-order chi connectivity index (χ1) is 7.43. The van der Waals surface area contributed by atoms with Gasteiger partial charge in [0.2, 0.25) is 0 Å². The van der Waals surface area contributed by atoms with E-state index in [1.807, 2.05) is 4.72 Å². The molecule has 0 aliphatic carbocycles. The molecular weight excluding hydrogens is 240 g/mol. The molecule has 0 rings (SSSR count). The van der Waals surface area contributed by atoms with Crippen LogP contribution in [-0.4, -0.2) is 59.5 Å². The number of nitrogens with one attached hydrogen (secondary N) is 2. The lowest BCUT2D eigenvalue weighted by Gasteiger charge is -2.10. The lowest BCUT2D eigenvalue weighted by atomic mass is 10.4. The van der Waals surface area contributed by atoms with Gasteiger partial charge in [-0.15, -0.1) is 0 Å². The second-order valence-corrected chi connectivity index (χ2v) is 4.36. The van der Waals surface area contributed by atoms with Gasteiger partial charge in [0, 0.05) is 20.2 Å². The summed E-state index contributed by atoms with van der Waals surface area (Å²) in [6, 6.07) is 0. The topological polar surface area (TPSA) is 114 Å². The van der Waals surface area contributed by atoms with E-state index in [1.54, 1.807) is 0 Å². The average molecular weight is 256 g/mol. The van der Waals surface area contributed by atoms with Crippen LogP contribution in [0.5, 0.6) is 0 Å². The number of hydrogen-bond donors (Lipinski definition) is 3. The van der Waals surface area contributed by atoms with Crippen molar-refractivity contribution in [1.82, 2.24) is 9.44 Å². The van der Waals surface area contributed by atoms with Crippen LogP contribution in [0, 0.1) is 0 Å². The van der Waals surface area contributed by atoms with Crippen molar-refractivity contribution in [3.8, 4) is 0 Å². The first-order valence-electron chi connectivity index (χ1n) is 4.42. The molecule has 0 fully saturated rings. The third-order valence-electron chi connectivity index (χ3n) is 1.54. The van der Waals surface area contributed by atoms with Crippen LogP contribution in [0.2, 0.25) is 0 Å². The molecule has 0 saturated heterocycles. The molecule has 0 spiro atoms. The first-order valence-corrected chi connectivity index (χ1v) is 5.90. The van der Waals surface area contributed by atoms with Crippen molar-refractivity contribution in [3.63, 3.8) is 0 Å². The van der Waals surface area contributed by atoms with Crippen LogP contribution in [0.3, 0.4) is 0 Å². The van der Waals surface area contributed by atoms with Gasteiger partial charge in [0.1, 0.15) is 0 Å². The zero-order valence-corrected chi connectivity index (χ0v) is 9.91. The fraction of sp³-hybridized carbons (Fsp3) is 0.857. The number of carbonyl (C=O) groups excluding carboxylic acids is 1. The molecule has 0 saturated carbocycles. The summed E-state index contributed by atoms with van der Waals surface area (Å²) in [4.78, 5) is 10.7. The van der Waals surface area contributed by atoms with E-state index in [1.165, 1.54) is 7.11 Å². The van der Waals surface area contributed by atoms with Crippen molar-refractivity contribution in [3.05, 3.63) is 0 Å². The largest absolute Gasteiger partial charge is 0.467 e. The van der Waals surface area contributed by atoms with E-state index >= 15 is 0 Å². The molecule has 1 atom stereocenters. The van der Waals surface area contributed by atoms with Gasteiger partial charge in [-0.3, -0.25) is 0 Å². The summed E-state index contributed by atoms with van der Waals surface area (Å²) in [6.07, 6.45) is -1.52. The standard InChI is InChI=1S/C7H16N2O6S/c1-14-4-3-8-16(12,13)9-5-6(10)7(11)15-2/h6,8-10H,3-5H2,1-2H3. The molecule has 0 radical (unpaired) electrons. The molecule has 0 aliphatic heterocycles. The number of esters is 1. The van der Waals surface area contributed by atoms with E-state index in [0.717, 1.165) is 7.11 Å². The van der Waals surface area contributed by atoms with E-state index in [0.29, 0.717) is 0 Å². The monoisotopic (exact) mass is 256 g/mol. The number of rotatable bonds is 8. The molecule has 9 heteroatoms. The van der Waals surface area contributed by atoms with E-state index in [-0.39, 0.29) is 13.2 Å². The van der Waals surface area contributed by atoms with Gasteiger partial charge in [0.25, 0.3) is 10.2 Å². The van der Waals surface area contributed by atoms with Crippen molar-refractivity contribution >= 4 is 16.2 Å². The summed E-state index contributed by atoms with van der Waals surface area (Å²) in [7, 11) is -1.21. The lowest BCUT2D eigenvalue weighted by molar-refractivity contribution is -0.149. The summed E-state index contributed by atoms with van der Waals surface area (Å²) in [5, 5.41) is 9.10. The highest BCUT2D eigenvalue weighted by Gasteiger charge is 2.18. The molecule has 0 aliphatic rings. The van der Waals surface area contributed by atoms with Crippen LogP contribution < -0.4 is 9.44 Å². The van der Waals surface area contributed by atoms with E-state index in [2.05, 4.69) is 14.2 Å². The number of ether oxygens (including phenoxy) is 2. The number of methoxy groups -OCH3 is 2. The van der Waals surface area contributed by atoms with Gasteiger partial charge in [-0.25, -0.2) is 4.79 Å². The van der Waals surface area contributed by atoms with Crippen molar-refractivity contribution in [2.24, 2.45) is 0 Å². The maximum Gasteiger partial charge on any atom is 0.336 e. The summed E-state index contributed by atoms with van der Waals surface area (Å²) in [6.45, 7) is -0.129. The molecule has 0 aromatic carbocycles. The van der Waals surface area contributed by atoms with Gasteiger partial charge in [-0.05, 0) is 0 Å². The van der Waals surface area contributed by atoms with Gasteiger partial charge in [-0.1, -0.05) is 0 Å². The fourth-order valence-electron chi connectivity index (χ4n) is 0.737. The zero-order valence-electron chi connectivity index (χ0n) is 9.10. The van der Waals surface area contributed by atoms with Crippen molar-refractivity contribution in [1.29, 1.82) is 0 Å². The summed E-state index contributed by atoms with van der Waals surface area (Å²) < 4.78 is 35.3. The Labute approximate surface area is 94.1 Å². The third kappa shape index (κ3) is 6.69. The predicted molar refractivity (Wildman–Crippen MR) is 54.8 cm³/mol. The molecule has 0 amide bonds. The smallest absolute Gasteiger partial charge is 0.336 e. The summed E-state index contributed by atoms with van der Waals surface area (Å²) in [5.41, 5.74) is 0. The molecular formula is C7H16N2O6S. The molecule has 0 aromatic heterocycles. The van der Waals surface area contributed by atoms with Crippen molar-refractivity contribution in [2.75, 3.05) is 33.9 Å². The van der Waals surface area contributed by atoms with Crippen molar-refractivity contribution in [2.45, 2.75) is 6.10 Å². The van der Waals surface area contributed by atoms with E-state index in [9.17, 15) is 13.2 Å². The van der Waals surface area contributed by atoms with Crippen LogP contribution in [0.4, 0.5) is 0 Å². The number of hydrogen-bond acceptors (Lipinski definition) is 6. The van der Waals surface area contributed by atoms with Gasteiger partial charge < -0.3 is 14.6 Å². The Balaban J connectivity index is 3.94. The van der Waals surface area contributed by atoms with Crippen LogP contribution in [0.1, 0.15) is 0 Å². The van der Waals surface area contributed by atoms with Gasteiger partial charge in [0.05, 0.1) is 13.7 Å². The Kier molecular flexibility index (Phi) is 7.17. The zero-order chi connectivity index (χ0) is 12.6. The summed E-state index contributed by atoms with van der Waals surface area (Å²) in [5.74, 6) is -0.903. The number of aliphatic hydroxyl groups excluding tert-OH is 1. The second kappa shape index (κ2) is 7.52. The highest BCUT2D eigenvalue weighted by atomic mass is 32.2.